The number of hydrogen-bond donors (Lipinski definition) is 1. The summed E-state index contributed by atoms with van der Waals surface area (Å²) in [5, 5.41) is 3.13. The lowest BCUT2D eigenvalue weighted by molar-refractivity contribution is 0.0935. The maximum atomic E-state index is 12.5. The summed E-state index contributed by atoms with van der Waals surface area (Å²) in [5.74, 6) is -0.0285. The number of morpholine rings is 1. The van der Waals surface area contributed by atoms with Gasteiger partial charge in [0.05, 0.1) is 19.3 Å². The molecule has 1 aliphatic heterocycles. The van der Waals surface area contributed by atoms with E-state index in [4.69, 9.17) is 4.74 Å². The molecule has 0 radical (unpaired) electrons. The Morgan fingerprint density at radius 1 is 1.08 bits per heavy atom. The number of hydrogen-bond acceptors (Lipinski definition) is 3. The molecule has 1 N–H and O–H groups in total. The summed E-state index contributed by atoms with van der Waals surface area (Å²) in [6, 6.07) is 18.0. The van der Waals surface area contributed by atoms with Crippen LogP contribution in [-0.2, 0) is 4.74 Å². The van der Waals surface area contributed by atoms with Gasteiger partial charge in [0.1, 0.15) is 0 Å². The van der Waals surface area contributed by atoms with Gasteiger partial charge in [-0.05, 0) is 36.2 Å². The number of benzene rings is 2. The summed E-state index contributed by atoms with van der Waals surface area (Å²) in [7, 11) is 0. The summed E-state index contributed by atoms with van der Waals surface area (Å²) >= 11 is 0. The Kier molecular flexibility index (Phi) is 5.49. The van der Waals surface area contributed by atoms with Crippen LogP contribution in [-0.4, -0.2) is 32.2 Å². The first-order chi connectivity index (χ1) is 11.8. The van der Waals surface area contributed by atoms with E-state index in [2.05, 4.69) is 29.3 Å². The van der Waals surface area contributed by atoms with Crippen LogP contribution in [0.4, 0.5) is 5.69 Å². The zero-order valence-corrected chi connectivity index (χ0v) is 14.1. The van der Waals surface area contributed by atoms with Crippen LogP contribution < -0.4 is 10.2 Å². The number of ether oxygens (including phenoxy) is 1. The number of nitrogens with zero attached hydrogens (tertiary/aromatic N) is 1. The van der Waals surface area contributed by atoms with Crippen molar-refractivity contribution >= 4 is 11.6 Å². The molecular weight excluding hydrogens is 300 g/mol. The van der Waals surface area contributed by atoms with Crippen molar-refractivity contribution in [2.75, 3.05) is 31.2 Å². The van der Waals surface area contributed by atoms with Gasteiger partial charge in [-0.2, -0.15) is 0 Å². The number of carbonyl (C=O) groups is 1. The fourth-order valence-electron chi connectivity index (χ4n) is 2.99. The number of rotatable bonds is 5. The van der Waals surface area contributed by atoms with Crippen LogP contribution in [0.5, 0.6) is 0 Å². The molecule has 4 heteroatoms. The maximum Gasteiger partial charge on any atom is 0.251 e. The van der Waals surface area contributed by atoms with E-state index in [-0.39, 0.29) is 11.9 Å². The Hall–Kier alpha value is -2.33. The van der Waals surface area contributed by atoms with Crippen LogP contribution in [0.25, 0.3) is 0 Å². The molecule has 0 aliphatic carbocycles. The summed E-state index contributed by atoms with van der Waals surface area (Å²) in [6.07, 6.45) is 0.863. The van der Waals surface area contributed by atoms with Gasteiger partial charge in [-0.15, -0.1) is 0 Å². The first-order valence-electron chi connectivity index (χ1n) is 8.56. The Morgan fingerprint density at radius 2 is 1.75 bits per heavy atom. The zero-order valence-electron chi connectivity index (χ0n) is 14.1. The highest BCUT2D eigenvalue weighted by Crippen LogP contribution is 2.19. The van der Waals surface area contributed by atoms with Crippen molar-refractivity contribution < 1.29 is 9.53 Å². The van der Waals surface area contributed by atoms with Gasteiger partial charge in [0.2, 0.25) is 0 Å². The summed E-state index contributed by atoms with van der Waals surface area (Å²) in [5.41, 5.74) is 2.98. The maximum absolute atomic E-state index is 12.5. The molecule has 126 valence electrons. The van der Waals surface area contributed by atoms with Gasteiger partial charge in [-0.3, -0.25) is 4.79 Å². The molecule has 24 heavy (non-hydrogen) atoms. The molecule has 2 aromatic rings. The topological polar surface area (TPSA) is 41.6 Å². The highest BCUT2D eigenvalue weighted by atomic mass is 16.5. The van der Waals surface area contributed by atoms with E-state index in [0.717, 1.165) is 44.0 Å². The Bertz CT molecular complexity index is 649. The van der Waals surface area contributed by atoms with Gasteiger partial charge in [0.25, 0.3) is 5.91 Å². The predicted molar refractivity (Wildman–Crippen MR) is 96.4 cm³/mol. The molecule has 0 aromatic heterocycles. The Morgan fingerprint density at radius 3 is 2.38 bits per heavy atom. The second kappa shape index (κ2) is 7.97. The van der Waals surface area contributed by atoms with Crippen molar-refractivity contribution in [3.63, 3.8) is 0 Å². The zero-order chi connectivity index (χ0) is 16.8. The minimum atomic E-state index is -0.0285. The molecular formula is C20H24N2O2. The van der Waals surface area contributed by atoms with E-state index in [0.29, 0.717) is 5.56 Å². The molecule has 1 amide bonds. The molecule has 1 aliphatic rings. The highest BCUT2D eigenvalue weighted by Gasteiger charge is 2.15. The molecule has 1 saturated heterocycles. The smallest absolute Gasteiger partial charge is 0.251 e. The van der Waals surface area contributed by atoms with Crippen LogP contribution in [0.2, 0.25) is 0 Å². The van der Waals surface area contributed by atoms with Gasteiger partial charge in [-0.25, -0.2) is 0 Å². The fourth-order valence-corrected chi connectivity index (χ4v) is 2.99. The second-order valence-electron chi connectivity index (χ2n) is 5.99. The molecule has 0 spiro atoms. The minimum Gasteiger partial charge on any atom is -0.378 e. The van der Waals surface area contributed by atoms with Crippen molar-refractivity contribution in [3.8, 4) is 0 Å². The first kappa shape index (κ1) is 16.5. The molecule has 2 aromatic carbocycles. The fraction of sp³-hybridized carbons (Fsp3) is 0.350. The van der Waals surface area contributed by atoms with E-state index in [9.17, 15) is 4.79 Å². The number of anilines is 1. The SMILES string of the molecule is CC[C@H](NC(=O)c1ccc(N2CCOCC2)cc1)c1ccccc1. The van der Waals surface area contributed by atoms with Gasteiger partial charge in [0, 0.05) is 24.3 Å². The Labute approximate surface area is 143 Å². The number of nitrogens with one attached hydrogen (secondary N) is 1. The predicted octanol–water partition coefficient (Wildman–Crippen LogP) is 3.40. The Balaban J connectivity index is 1.66. The summed E-state index contributed by atoms with van der Waals surface area (Å²) in [4.78, 5) is 14.8. The largest absolute Gasteiger partial charge is 0.378 e. The average molecular weight is 324 g/mol. The molecule has 0 bridgehead atoms. The third-order valence-electron chi connectivity index (χ3n) is 4.42. The van der Waals surface area contributed by atoms with Crippen LogP contribution in [0.15, 0.2) is 54.6 Å². The van der Waals surface area contributed by atoms with Gasteiger partial charge in [0.15, 0.2) is 0 Å². The standard InChI is InChI=1S/C20H24N2O2/c1-2-19(16-6-4-3-5-7-16)21-20(23)17-8-10-18(11-9-17)22-12-14-24-15-13-22/h3-11,19H,2,12-15H2,1H3,(H,21,23)/t19-/m0/s1. The molecule has 4 nitrogen and oxygen atoms in total. The molecule has 1 fully saturated rings. The number of carbonyl (C=O) groups excluding carboxylic acids is 1. The van der Waals surface area contributed by atoms with Crippen molar-refractivity contribution in [1.82, 2.24) is 5.32 Å². The molecule has 1 heterocycles. The van der Waals surface area contributed by atoms with Gasteiger partial charge < -0.3 is 15.0 Å². The van der Waals surface area contributed by atoms with Crippen LogP contribution in [0.3, 0.4) is 0 Å². The molecule has 0 saturated carbocycles. The van der Waals surface area contributed by atoms with Crippen LogP contribution in [0, 0.1) is 0 Å². The normalized spacial score (nSPS) is 15.8. The molecule has 0 unspecified atom stereocenters. The van der Waals surface area contributed by atoms with Crippen LogP contribution in [0.1, 0.15) is 35.3 Å². The van der Waals surface area contributed by atoms with E-state index in [1.54, 1.807) is 0 Å². The van der Waals surface area contributed by atoms with E-state index >= 15 is 0 Å². The highest BCUT2D eigenvalue weighted by molar-refractivity contribution is 5.94. The van der Waals surface area contributed by atoms with E-state index in [1.165, 1.54) is 0 Å². The monoisotopic (exact) mass is 324 g/mol. The lowest BCUT2D eigenvalue weighted by Crippen LogP contribution is -2.36. The lowest BCUT2D eigenvalue weighted by Gasteiger charge is -2.28. The quantitative estimate of drug-likeness (QED) is 0.916. The first-order valence-corrected chi connectivity index (χ1v) is 8.56. The third kappa shape index (κ3) is 3.95. The van der Waals surface area contributed by atoms with Gasteiger partial charge >= 0.3 is 0 Å². The number of amides is 1. The van der Waals surface area contributed by atoms with Crippen molar-refractivity contribution in [3.05, 3.63) is 65.7 Å². The lowest BCUT2D eigenvalue weighted by atomic mass is 10.0. The summed E-state index contributed by atoms with van der Waals surface area (Å²) in [6.45, 7) is 5.41. The minimum absolute atomic E-state index is 0.0285. The van der Waals surface area contributed by atoms with E-state index in [1.807, 2.05) is 42.5 Å². The third-order valence-corrected chi connectivity index (χ3v) is 4.42. The van der Waals surface area contributed by atoms with E-state index < -0.39 is 0 Å². The molecule has 3 rings (SSSR count). The van der Waals surface area contributed by atoms with Crippen molar-refractivity contribution in [2.24, 2.45) is 0 Å². The van der Waals surface area contributed by atoms with Crippen molar-refractivity contribution in [1.29, 1.82) is 0 Å². The molecule has 1 atom stereocenters. The van der Waals surface area contributed by atoms with Crippen LogP contribution >= 0.6 is 0 Å². The van der Waals surface area contributed by atoms with Crippen molar-refractivity contribution in [2.45, 2.75) is 19.4 Å². The summed E-state index contributed by atoms with van der Waals surface area (Å²) < 4.78 is 5.38. The van der Waals surface area contributed by atoms with Gasteiger partial charge in [-0.1, -0.05) is 37.3 Å². The second-order valence-corrected chi connectivity index (χ2v) is 5.99. The average Bonchev–Trinajstić information content (AvgIpc) is 2.67.